The third-order valence-electron chi connectivity index (χ3n) is 4.53. The Bertz CT molecular complexity index is 422. The monoisotopic (exact) mass is 272 g/mol. The van der Waals surface area contributed by atoms with Crippen molar-refractivity contribution in [3.63, 3.8) is 0 Å². The van der Waals surface area contributed by atoms with Crippen LogP contribution in [0.15, 0.2) is 36.4 Å². The molecule has 0 aliphatic heterocycles. The third kappa shape index (κ3) is 4.49. The molecule has 0 heterocycles. The van der Waals surface area contributed by atoms with Crippen LogP contribution in [0.1, 0.15) is 50.2 Å². The maximum atomic E-state index is 5.19. The molecular weight excluding hydrogens is 244 g/mol. The largest absolute Gasteiger partial charge is 0.380 e. The van der Waals surface area contributed by atoms with Gasteiger partial charge in [0, 0.05) is 7.11 Å². The van der Waals surface area contributed by atoms with Crippen LogP contribution >= 0.6 is 0 Å². The Morgan fingerprint density at radius 1 is 1.25 bits per heavy atom. The van der Waals surface area contributed by atoms with Gasteiger partial charge in [0.05, 0.1) is 6.61 Å². The van der Waals surface area contributed by atoms with Crippen LogP contribution in [0.2, 0.25) is 0 Å². The van der Waals surface area contributed by atoms with Crippen molar-refractivity contribution in [2.24, 2.45) is 11.8 Å². The van der Waals surface area contributed by atoms with Crippen molar-refractivity contribution in [3.8, 4) is 0 Å². The Labute approximate surface area is 124 Å². The fourth-order valence-electron chi connectivity index (χ4n) is 3.39. The number of allylic oxidation sites excluding steroid dienone is 2. The standard InChI is InChI=1S/C19H28O/c1-3-18-12-7-13-19(18)11-5-4-8-16-9-6-10-17(14-16)15-20-2/h5-6,9-11,14,18-19H,3-4,7-8,12-13,15H2,1-2H3/b11-5+/t18-,19?/m0/s1. The Kier molecular flexibility index (Phi) is 6.32. The molecule has 1 aromatic rings. The molecule has 0 N–H and O–H groups in total. The van der Waals surface area contributed by atoms with Crippen molar-refractivity contribution < 1.29 is 4.74 Å². The molecule has 110 valence electrons. The van der Waals surface area contributed by atoms with Crippen molar-refractivity contribution in [2.45, 2.75) is 52.1 Å². The summed E-state index contributed by atoms with van der Waals surface area (Å²) in [6, 6.07) is 8.75. The van der Waals surface area contributed by atoms with Crippen LogP contribution in [-0.2, 0) is 17.8 Å². The first kappa shape index (κ1) is 15.3. The van der Waals surface area contributed by atoms with Crippen molar-refractivity contribution in [1.29, 1.82) is 0 Å². The lowest BCUT2D eigenvalue weighted by Crippen LogP contribution is -2.03. The smallest absolute Gasteiger partial charge is 0.0713 e. The van der Waals surface area contributed by atoms with E-state index < -0.39 is 0 Å². The van der Waals surface area contributed by atoms with E-state index in [4.69, 9.17) is 4.74 Å². The van der Waals surface area contributed by atoms with Gasteiger partial charge in [0.25, 0.3) is 0 Å². The molecule has 1 aromatic carbocycles. The second-order valence-corrected chi connectivity index (χ2v) is 5.98. The molecule has 1 unspecified atom stereocenters. The molecule has 1 saturated carbocycles. The van der Waals surface area contributed by atoms with Gasteiger partial charge >= 0.3 is 0 Å². The highest BCUT2D eigenvalue weighted by atomic mass is 16.5. The molecule has 20 heavy (non-hydrogen) atoms. The summed E-state index contributed by atoms with van der Waals surface area (Å²) in [4.78, 5) is 0. The van der Waals surface area contributed by atoms with Crippen LogP contribution in [0.3, 0.4) is 0 Å². The van der Waals surface area contributed by atoms with Crippen LogP contribution in [0.4, 0.5) is 0 Å². The van der Waals surface area contributed by atoms with Crippen LogP contribution in [0.25, 0.3) is 0 Å². The quantitative estimate of drug-likeness (QED) is 0.624. The fourth-order valence-corrected chi connectivity index (χ4v) is 3.39. The average Bonchev–Trinajstić information content (AvgIpc) is 2.92. The first-order valence-corrected chi connectivity index (χ1v) is 8.07. The van der Waals surface area contributed by atoms with Crippen LogP contribution < -0.4 is 0 Å². The Morgan fingerprint density at radius 3 is 2.90 bits per heavy atom. The molecule has 1 aliphatic carbocycles. The van der Waals surface area contributed by atoms with E-state index in [9.17, 15) is 0 Å². The molecule has 0 bridgehead atoms. The zero-order chi connectivity index (χ0) is 14.2. The number of benzene rings is 1. The molecule has 0 radical (unpaired) electrons. The number of methoxy groups -OCH3 is 1. The predicted octanol–water partition coefficient (Wildman–Crippen LogP) is 5.15. The Morgan fingerprint density at radius 2 is 2.10 bits per heavy atom. The predicted molar refractivity (Wildman–Crippen MR) is 85.7 cm³/mol. The minimum atomic E-state index is 0.712. The van der Waals surface area contributed by atoms with Crippen LogP contribution in [-0.4, -0.2) is 7.11 Å². The summed E-state index contributed by atoms with van der Waals surface area (Å²) in [5.74, 6) is 1.79. The van der Waals surface area contributed by atoms with Gasteiger partial charge in [-0.25, -0.2) is 0 Å². The van der Waals surface area contributed by atoms with Gasteiger partial charge in [-0.2, -0.15) is 0 Å². The molecule has 2 rings (SSSR count). The average molecular weight is 272 g/mol. The highest BCUT2D eigenvalue weighted by Crippen LogP contribution is 2.34. The Hall–Kier alpha value is -1.08. The van der Waals surface area contributed by atoms with Crippen molar-refractivity contribution in [2.75, 3.05) is 7.11 Å². The molecule has 0 spiro atoms. The zero-order valence-electron chi connectivity index (χ0n) is 13.0. The molecule has 1 fully saturated rings. The maximum absolute atomic E-state index is 5.19. The first-order valence-electron chi connectivity index (χ1n) is 8.07. The Balaban J connectivity index is 1.79. The van der Waals surface area contributed by atoms with Gasteiger partial charge in [-0.3, -0.25) is 0 Å². The van der Waals surface area contributed by atoms with E-state index in [2.05, 4.69) is 43.3 Å². The highest BCUT2D eigenvalue weighted by molar-refractivity contribution is 5.23. The van der Waals surface area contributed by atoms with Gasteiger partial charge in [0.15, 0.2) is 0 Å². The van der Waals surface area contributed by atoms with Gasteiger partial charge < -0.3 is 4.74 Å². The van der Waals surface area contributed by atoms with Crippen molar-refractivity contribution >= 4 is 0 Å². The summed E-state index contributed by atoms with van der Waals surface area (Å²) >= 11 is 0. The molecule has 1 aliphatic rings. The summed E-state index contributed by atoms with van der Waals surface area (Å²) in [6.45, 7) is 3.04. The highest BCUT2D eigenvalue weighted by Gasteiger charge is 2.22. The lowest BCUT2D eigenvalue weighted by Gasteiger charge is -2.13. The topological polar surface area (TPSA) is 9.23 Å². The number of hydrogen-bond acceptors (Lipinski definition) is 1. The van der Waals surface area contributed by atoms with E-state index >= 15 is 0 Å². The molecule has 0 saturated heterocycles. The molecular formula is C19H28O. The van der Waals surface area contributed by atoms with Crippen molar-refractivity contribution in [1.82, 2.24) is 0 Å². The normalized spacial score (nSPS) is 22.7. The lowest BCUT2D eigenvalue weighted by molar-refractivity contribution is 0.185. The summed E-state index contributed by atoms with van der Waals surface area (Å²) in [5, 5.41) is 0. The van der Waals surface area contributed by atoms with Gasteiger partial charge in [-0.15, -0.1) is 0 Å². The fraction of sp³-hybridized carbons (Fsp3) is 0.579. The molecule has 1 heteroatoms. The van der Waals surface area contributed by atoms with Gasteiger partial charge in [-0.1, -0.05) is 56.2 Å². The number of hydrogen-bond donors (Lipinski definition) is 0. The summed E-state index contributed by atoms with van der Waals surface area (Å²) in [5.41, 5.74) is 2.69. The van der Waals surface area contributed by atoms with E-state index in [-0.39, 0.29) is 0 Å². The van der Waals surface area contributed by atoms with Gasteiger partial charge in [0.1, 0.15) is 0 Å². The second kappa shape index (κ2) is 8.26. The second-order valence-electron chi connectivity index (χ2n) is 5.98. The van der Waals surface area contributed by atoms with Crippen LogP contribution in [0.5, 0.6) is 0 Å². The zero-order valence-corrected chi connectivity index (χ0v) is 13.0. The van der Waals surface area contributed by atoms with Crippen LogP contribution in [0, 0.1) is 11.8 Å². The van der Waals surface area contributed by atoms with Gasteiger partial charge in [-0.05, 0) is 48.6 Å². The van der Waals surface area contributed by atoms with Crippen molar-refractivity contribution in [3.05, 3.63) is 47.5 Å². The number of rotatable bonds is 7. The first-order chi connectivity index (χ1) is 9.83. The van der Waals surface area contributed by atoms with E-state index in [1.165, 1.54) is 36.8 Å². The summed E-state index contributed by atoms with van der Waals surface area (Å²) < 4.78 is 5.19. The summed E-state index contributed by atoms with van der Waals surface area (Å²) in [6.07, 6.45) is 12.8. The van der Waals surface area contributed by atoms with E-state index in [0.29, 0.717) is 6.61 Å². The van der Waals surface area contributed by atoms with Gasteiger partial charge in [0.2, 0.25) is 0 Å². The lowest BCUT2D eigenvalue weighted by atomic mass is 9.93. The van der Waals surface area contributed by atoms with E-state index in [0.717, 1.165) is 24.7 Å². The minimum absolute atomic E-state index is 0.712. The molecule has 2 atom stereocenters. The maximum Gasteiger partial charge on any atom is 0.0713 e. The SMILES string of the molecule is CC[C@H]1CCCC1/C=C/CCc1cccc(COC)c1. The minimum Gasteiger partial charge on any atom is -0.380 e. The third-order valence-corrected chi connectivity index (χ3v) is 4.53. The summed E-state index contributed by atoms with van der Waals surface area (Å²) in [7, 11) is 1.75. The molecule has 0 aromatic heterocycles. The number of aryl methyl sites for hydroxylation is 1. The molecule has 1 nitrogen and oxygen atoms in total. The number of ether oxygens (including phenoxy) is 1. The van der Waals surface area contributed by atoms with E-state index in [1.54, 1.807) is 7.11 Å². The molecule has 0 amide bonds. The van der Waals surface area contributed by atoms with E-state index in [1.807, 2.05) is 0 Å².